The zero-order chi connectivity index (χ0) is 18.5. The molecule has 0 aliphatic heterocycles. The van der Waals surface area contributed by atoms with Crippen LogP contribution < -0.4 is 10.1 Å². The molecule has 1 aromatic carbocycles. The summed E-state index contributed by atoms with van der Waals surface area (Å²) < 4.78 is 15.9. The van der Waals surface area contributed by atoms with Crippen LogP contribution in [0.25, 0.3) is 11.5 Å². The molecule has 2 aromatic heterocycles. The van der Waals surface area contributed by atoms with E-state index < -0.39 is 0 Å². The van der Waals surface area contributed by atoms with E-state index in [-0.39, 0.29) is 11.2 Å². The van der Waals surface area contributed by atoms with Gasteiger partial charge in [0, 0.05) is 6.54 Å². The topological polar surface area (TPSA) is 90.4 Å². The van der Waals surface area contributed by atoms with E-state index in [0.717, 1.165) is 16.9 Å². The van der Waals surface area contributed by atoms with E-state index in [1.807, 2.05) is 31.2 Å². The van der Waals surface area contributed by atoms with Crippen LogP contribution in [0.15, 0.2) is 50.7 Å². The summed E-state index contributed by atoms with van der Waals surface area (Å²) in [6.45, 7) is 4.06. The smallest absolute Gasteiger partial charge is 0.277 e. The maximum Gasteiger partial charge on any atom is 0.277 e. The van der Waals surface area contributed by atoms with Gasteiger partial charge in [0.25, 0.3) is 11.1 Å². The number of furan rings is 1. The average Bonchev–Trinajstić information content (AvgIpc) is 3.28. The minimum Gasteiger partial charge on any atom is -0.497 e. The Balaban J connectivity index is 1.54. The highest BCUT2D eigenvalue weighted by molar-refractivity contribution is 8.00. The summed E-state index contributed by atoms with van der Waals surface area (Å²) in [4.78, 5) is 12.3. The average molecular weight is 373 g/mol. The van der Waals surface area contributed by atoms with Crippen LogP contribution in [-0.2, 0) is 11.3 Å². The Morgan fingerprint density at radius 1 is 1.27 bits per heavy atom. The van der Waals surface area contributed by atoms with E-state index in [2.05, 4.69) is 15.5 Å². The van der Waals surface area contributed by atoms with Crippen molar-refractivity contribution in [2.75, 3.05) is 7.11 Å². The van der Waals surface area contributed by atoms with Gasteiger partial charge in [-0.1, -0.05) is 23.9 Å². The van der Waals surface area contributed by atoms with Gasteiger partial charge in [-0.05, 0) is 37.6 Å². The Morgan fingerprint density at radius 2 is 2.04 bits per heavy atom. The van der Waals surface area contributed by atoms with Crippen LogP contribution in [-0.4, -0.2) is 28.5 Å². The first-order valence-electron chi connectivity index (χ1n) is 8.02. The molecule has 26 heavy (non-hydrogen) atoms. The number of aryl methyl sites for hydroxylation is 1. The van der Waals surface area contributed by atoms with Gasteiger partial charge in [-0.25, -0.2) is 0 Å². The van der Waals surface area contributed by atoms with Crippen molar-refractivity contribution in [2.45, 2.75) is 30.9 Å². The number of thioether (sulfide) groups is 1. The molecule has 0 saturated carbocycles. The summed E-state index contributed by atoms with van der Waals surface area (Å²) in [5.41, 5.74) is 1.74. The van der Waals surface area contributed by atoms with Crippen molar-refractivity contribution >= 4 is 17.7 Å². The van der Waals surface area contributed by atoms with E-state index >= 15 is 0 Å². The van der Waals surface area contributed by atoms with Crippen LogP contribution in [0.2, 0.25) is 0 Å². The van der Waals surface area contributed by atoms with Crippen LogP contribution in [0, 0.1) is 6.92 Å². The molecule has 8 heteroatoms. The predicted molar refractivity (Wildman–Crippen MR) is 96.9 cm³/mol. The first kappa shape index (κ1) is 18.1. The first-order valence-corrected chi connectivity index (χ1v) is 8.90. The second-order valence-corrected chi connectivity index (χ2v) is 6.88. The Bertz CT molecular complexity index is 873. The first-order chi connectivity index (χ1) is 12.6. The van der Waals surface area contributed by atoms with Crippen LogP contribution in [0.5, 0.6) is 5.75 Å². The van der Waals surface area contributed by atoms with Crippen LogP contribution in [0.3, 0.4) is 0 Å². The Labute approximate surface area is 155 Å². The fraction of sp³-hybridized carbons (Fsp3) is 0.278. The fourth-order valence-electron chi connectivity index (χ4n) is 2.25. The highest BCUT2D eigenvalue weighted by atomic mass is 32.2. The van der Waals surface area contributed by atoms with Gasteiger partial charge in [0.05, 0.1) is 24.2 Å². The van der Waals surface area contributed by atoms with Crippen LogP contribution >= 0.6 is 11.8 Å². The Morgan fingerprint density at radius 3 is 2.69 bits per heavy atom. The lowest BCUT2D eigenvalue weighted by Crippen LogP contribution is -2.30. The van der Waals surface area contributed by atoms with E-state index in [4.69, 9.17) is 13.6 Å². The minimum atomic E-state index is -0.369. The highest BCUT2D eigenvalue weighted by Crippen LogP contribution is 2.28. The Hall–Kier alpha value is -2.74. The number of ether oxygens (including phenoxy) is 1. The van der Waals surface area contributed by atoms with Crippen molar-refractivity contribution < 1.29 is 18.4 Å². The van der Waals surface area contributed by atoms with Gasteiger partial charge in [-0.15, -0.1) is 10.2 Å². The molecule has 0 bridgehead atoms. The predicted octanol–water partition coefficient (Wildman–Crippen LogP) is 3.44. The fourth-order valence-corrected chi connectivity index (χ4v) is 2.96. The number of aromatic nitrogens is 2. The second-order valence-electron chi connectivity index (χ2n) is 5.59. The zero-order valence-corrected chi connectivity index (χ0v) is 15.5. The summed E-state index contributed by atoms with van der Waals surface area (Å²) in [5.74, 6) is 1.76. The number of rotatable bonds is 7. The molecule has 0 aliphatic rings. The van der Waals surface area contributed by atoms with Crippen molar-refractivity contribution in [1.29, 1.82) is 0 Å². The van der Waals surface area contributed by atoms with Crippen molar-refractivity contribution in [3.63, 3.8) is 0 Å². The maximum absolute atomic E-state index is 12.3. The van der Waals surface area contributed by atoms with Gasteiger partial charge < -0.3 is 18.9 Å². The molecule has 0 aliphatic carbocycles. The largest absolute Gasteiger partial charge is 0.497 e. The van der Waals surface area contributed by atoms with Gasteiger partial charge in [0.2, 0.25) is 5.91 Å². The molecule has 2 heterocycles. The molecule has 3 rings (SSSR count). The van der Waals surface area contributed by atoms with Crippen molar-refractivity contribution in [2.24, 2.45) is 0 Å². The standard InChI is InChI=1S/C18H19N3O4S/c1-11-15(8-9-24-11)17-20-21-18(25-17)26-12(2)16(22)19-10-13-4-6-14(23-3)7-5-13/h4-9,12H,10H2,1-3H3,(H,19,22)/t12-/m1/s1. The quantitative estimate of drug-likeness (QED) is 0.634. The number of hydrogen-bond acceptors (Lipinski definition) is 7. The minimum absolute atomic E-state index is 0.106. The molecular formula is C18H19N3O4S. The van der Waals surface area contributed by atoms with Gasteiger partial charge in [0.15, 0.2) is 0 Å². The Kier molecular flexibility index (Phi) is 5.62. The lowest BCUT2D eigenvalue weighted by molar-refractivity contribution is -0.120. The zero-order valence-electron chi connectivity index (χ0n) is 14.7. The molecule has 0 radical (unpaired) electrons. The monoisotopic (exact) mass is 373 g/mol. The molecule has 0 unspecified atom stereocenters. The summed E-state index contributed by atoms with van der Waals surface area (Å²) in [6, 6.07) is 9.31. The molecule has 1 N–H and O–H groups in total. The number of methoxy groups -OCH3 is 1. The molecule has 0 spiro atoms. The molecule has 3 aromatic rings. The van der Waals surface area contributed by atoms with E-state index in [1.165, 1.54) is 11.8 Å². The van der Waals surface area contributed by atoms with Crippen LogP contribution in [0.4, 0.5) is 0 Å². The normalized spacial score (nSPS) is 12.0. The third-order valence-corrected chi connectivity index (χ3v) is 4.70. The van der Waals surface area contributed by atoms with Gasteiger partial charge in [-0.3, -0.25) is 4.79 Å². The van der Waals surface area contributed by atoms with Crippen LogP contribution in [0.1, 0.15) is 18.2 Å². The molecular weight excluding hydrogens is 354 g/mol. The van der Waals surface area contributed by atoms with E-state index in [1.54, 1.807) is 26.4 Å². The molecule has 1 amide bonds. The van der Waals surface area contributed by atoms with Gasteiger partial charge in [-0.2, -0.15) is 0 Å². The maximum atomic E-state index is 12.3. The second kappa shape index (κ2) is 8.09. The third-order valence-electron chi connectivity index (χ3n) is 3.77. The number of nitrogens with zero attached hydrogens (tertiary/aromatic N) is 2. The van der Waals surface area contributed by atoms with Gasteiger partial charge >= 0.3 is 0 Å². The molecule has 0 fully saturated rings. The number of carbonyl (C=O) groups is 1. The molecule has 0 saturated heterocycles. The third kappa shape index (κ3) is 4.26. The van der Waals surface area contributed by atoms with Crippen molar-refractivity contribution in [3.05, 3.63) is 47.9 Å². The van der Waals surface area contributed by atoms with E-state index in [0.29, 0.717) is 23.4 Å². The van der Waals surface area contributed by atoms with Crippen molar-refractivity contribution in [3.8, 4) is 17.2 Å². The lowest BCUT2D eigenvalue weighted by atomic mass is 10.2. The number of benzene rings is 1. The lowest BCUT2D eigenvalue weighted by Gasteiger charge is -2.10. The number of amides is 1. The highest BCUT2D eigenvalue weighted by Gasteiger charge is 2.19. The number of hydrogen-bond donors (Lipinski definition) is 1. The summed E-state index contributed by atoms with van der Waals surface area (Å²) in [5, 5.41) is 10.9. The van der Waals surface area contributed by atoms with Gasteiger partial charge in [0.1, 0.15) is 11.5 Å². The molecule has 1 atom stereocenters. The number of carbonyl (C=O) groups excluding carboxylic acids is 1. The summed E-state index contributed by atoms with van der Waals surface area (Å²) in [7, 11) is 1.62. The van der Waals surface area contributed by atoms with E-state index in [9.17, 15) is 4.79 Å². The summed E-state index contributed by atoms with van der Waals surface area (Å²) >= 11 is 1.21. The SMILES string of the molecule is COc1ccc(CNC(=O)[C@@H](C)Sc2nnc(-c3ccoc3C)o2)cc1. The molecule has 7 nitrogen and oxygen atoms in total. The molecule has 136 valence electrons. The summed E-state index contributed by atoms with van der Waals surface area (Å²) in [6.07, 6.45) is 1.57. The van der Waals surface area contributed by atoms with Crippen molar-refractivity contribution in [1.82, 2.24) is 15.5 Å². The number of nitrogens with one attached hydrogen (secondary N) is 1.